The summed E-state index contributed by atoms with van der Waals surface area (Å²) in [4.78, 5) is 31.3. The van der Waals surface area contributed by atoms with Gasteiger partial charge in [-0.2, -0.15) is 5.10 Å². The molecule has 0 fully saturated rings. The lowest BCUT2D eigenvalue weighted by atomic mass is 10.0. The minimum atomic E-state index is -0.263. The predicted molar refractivity (Wildman–Crippen MR) is 110 cm³/mol. The highest BCUT2D eigenvalue weighted by atomic mass is 16.5. The van der Waals surface area contributed by atoms with E-state index in [1.54, 1.807) is 24.4 Å². The molecule has 1 aliphatic rings. The molecule has 0 spiro atoms. The molecule has 2 aromatic heterocycles. The van der Waals surface area contributed by atoms with Gasteiger partial charge in [-0.3, -0.25) is 19.7 Å². The number of H-pyrrole nitrogens is 1. The number of nitrogens with one attached hydrogen (secondary N) is 2. The highest BCUT2D eigenvalue weighted by molar-refractivity contribution is 5.94. The van der Waals surface area contributed by atoms with Crippen LogP contribution in [0.4, 0.5) is 0 Å². The topological polar surface area (TPSA) is 100 Å². The summed E-state index contributed by atoms with van der Waals surface area (Å²) >= 11 is 0. The molecule has 0 unspecified atom stereocenters. The number of aromatic amines is 1. The number of rotatable bonds is 6. The summed E-state index contributed by atoms with van der Waals surface area (Å²) in [5, 5.41) is 10.0. The van der Waals surface area contributed by atoms with Gasteiger partial charge in [-0.05, 0) is 29.3 Å². The van der Waals surface area contributed by atoms with Crippen LogP contribution in [0.2, 0.25) is 0 Å². The minimum Gasteiger partial charge on any atom is -0.497 e. The van der Waals surface area contributed by atoms with Crippen molar-refractivity contribution in [1.29, 1.82) is 0 Å². The maximum absolute atomic E-state index is 12.8. The molecule has 2 N–H and O–H groups in total. The van der Waals surface area contributed by atoms with Gasteiger partial charge in [0.1, 0.15) is 5.75 Å². The van der Waals surface area contributed by atoms with Gasteiger partial charge in [-0.1, -0.05) is 18.2 Å². The molecule has 1 aromatic carbocycles. The zero-order valence-corrected chi connectivity index (χ0v) is 16.7. The monoisotopic (exact) mass is 405 g/mol. The number of ether oxygens (including phenoxy) is 1. The second-order valence-electron chi connectivity index (χ2n) is 7.16. The van der Waals surface area contributed by atoms with Gasteiger partial charge in [0.15, 0.2) is 5.69 Å². The summed E-state index contributed by atoms with van der Waals surface area (Å²) < 4.78 is 5.16. The van der Waals surface area contributed by atoms with Crippen LogP contribution in [0.1, 0.15) is 32.9 Å². The molecule has 0 saturated heterocycles. The Morgan fingerprint density at radius 3 is 2.77 bits per heavy atom. The fourth-order valence-corrected chi connectivity index (χ4v) is 3.49. The summed E-state index contributed by atoms with van der Waals surface area (Å²) in [5.74, 6) is 0.517. The van der Waals surface area contributed by atoms with Crippen LogP contribution >= 0.6 is 0 Å². The summed E-state index contributed by atoms with van der Waals surface area (Å²) in [6, 6.07) is 11.2. The average Bonchev–Trinajstić information content (AvgIpc) is 3.22. The van der Waals surface area contributed by atoms with Gasteiger partial charge in [0.2, 0.25) is 5.91 Å². The van der Waals surface area contributed by atoms with E-state index in [2.05, 4.69) is 20.5 Å². The average molecular weight is 405 g/mol. The Balaban J connectivity index is 1.40. The van der Waals surface area contributed by atoms with Crippen molar-refractivity contribution in [2.24, 2.45) is 0 Å². The molecule has 3 heterocycles. The van der Waals surface area contributed by atoms with Gasteiger partial charge in [0.25, 0.3) is 5.91 Å². The molecule has 154 valence electrons. The van der Waals surface area contributed by atoms with E-state index in [0.29, 0.717) is 38.2 Å². The maximum atomic E-state index is 12.8. The minimum absolute atomic E-state index is 0.0220. The summed E-state index contributed by atoms with van der Waals surface area (Å²) in [7, 11) is 1.61. The predicted octanol–water partition coefficient (Wildman–Crippen LogP) is 1.87. The highest BCUT2D eigenvalue weighted by Crippen LogP contribution is 2.22. The first-order chi connectivity index (χ1) is 14.6. The van der Waals surface area contributed by atoms with Gasteiger partial charge in [-0.25, -0.2) is 0 Å². The molecule has 0 radical (unpaired) electrons. The lowest BCUT2D eigenvalue weighted by molar-refractivity contribution is -0.131. The SMILES string of the molecule is COc1ccc(CC(=O)N2CCc3[nH]nc(C(=O)NCc4cccnc4)c3C2)cc1. The van der Waals surface area contributed by atoms with E-state index >= 15 is 0 Å². The second kappa shape index (κ2) is 8.77. The van der Waals surface area contributed by atoms with Crippen molar-refractivity contribution in [3.05, 3.63) is 76.9 Å². The van der Waals surface area contributed by atoms with Crippen molar-refractivity contribution < 1.29 is 14.3 Å². The molecule has 2 amide bonds. The molecule has 30 heavy (non-hydrogen) atoms. The Labute approximate surface area is 174 Å². The van der Waals surface area contributed by atoms with Crippen molar-refractivity contribution in [1.82, 2.24) is 25.4 Å². The number of nitrogens with zero attached hydrogens (tertiary/aromatic N) is 3. The van der Waals surface area contributed by atoms with Crippen molar-refractivity contribution in [3.63, 3.8) is 0 Å². The largest absolute Gasteiger partial charge is 0.497 e. The third-order valence-electron chi connectivity index (χ3n) is 5.19. The third-order valence-corrected chi connectivity index (χ3v) is 5.19. The first-order valence-electron chi connectivity index (χ1n) is 9.78. The molecular formula is C22H23N5O3. The third kappa shape index (κ3) is 4.32. The van der Waals surface area contributed by atoms with Crippen LogP contribution in [0, 0.1) is 0 Å². The molecule has 3 aromatic rings. The van der Waals surface area contributed by atoms with Gasteiger partial charge in [-0.15, -0.1) is 0 Å². The van der Waals surface area contributed by atoms with Gasteiger partial charge < -0.3 is 15.0 Å². The first kappa shape index (κ1) is 19.6. The van der Waals surface area contributed by atoms with Gasteiger partial charge in [0.05, 0.1) is 13.5 Å². The van der Waals surface area contributed by atoms with Crippen LogP contribution in [0.5, 0.6) is 5.75 Å². The Bertz CT molecular complexity index is 1030. The fourth-order valence-electron chi connectivity index (χ4n) is 3.49. The lowest BCUT2D eigenvalue weighted by Crippen LogP contribution is -2.37. The number of carbonyl (C=O) groups excluding carboxylic acids is 2. The second-order valence-corrected chi connectivity index (χ2v) is 7.16. The van der Waals surface area contributed by atoms with E-state index in [9.17, 15) is 9.59 Å². The summed E-state index contributed by atoms with van der Waals surface area (Å²) in [5.41, 5.74) is 3.87. The number of fused-ring (bicyclic) bond motifs is 1. The van der Waals surface area contributed by atoms with Gasteiger partial charge >= 0.3 is 0 Å². The quantitative estimate of drug-likeness (QED) is 0.652. The first-order valence-corrected chi connectivity index (χ1v) is 9.78. The molecule has 0 atom stereocenters. The standard InChI is InChI=1S/C22H23N5O3/c1-30-17-6-4-15(5-7-17)11-20(28)27-10-8-19-18(14-27)21(26-25-19)22(29)24-13-16-3-2-9-23-12-16/h2-7,9,12H,8,10-11,13-14H2,1H3,(H,24,29)(H,25,26). The number of aromatic nitrogens is 3. The Morgan fingerprint density at radius 1 is 1.20 bits per heavy atom. The van der Waals surface area contributed by atoms with Crippen LogP contribution in [-0.4, -0.2) is 45.6 Å². The van der Waals surface area contributed by atoms with Crippen molar-refractivity contribution >= 4 is 11.8 Å². The number of hydrogen-bond donors (Lipinski definition) is 2. The van der Waals surface area contributed by atoms with E-state index in [4.69, 9.17) is 4.74 Å². The van der Waals surface area contributed by atoms with Crippen molar-refractivity contribution in [2.75, 3.05) is 13.7 Å². The van der Waals surface area contributed by atoms with Crippen molar-refractivity contribution in [3.8, 4) is 5.75 Å². The van der Waals surface area contributed by atoms with E-state index in [1.807, 2.05) is 36.4 Å². The molecule has 8 nitrogen and oxygen atoms in total. The fraction of sp³-hybridized carbons (Fsp3) is 0.273. The molecule has 0 bridgehead atoms. The number of hydrogen-bond acceptors (Lipinski definition) is 5. The Kier molecular flexibility index (Phi) is 5.74. The summed E-state index contributed by atoms with van der Waals surface area (Å²) in [6.45, 7) is 1.34. The van der Waals surface area contributed by atoms with Crippen LogP contribution in [0.15, 0.2) is 48.8 Å². The zero-order valence-electron chi connectivity index (χ0n) is 16.7. The molecule has 4 rings (SSSR count). The number of carbonyl (C=O) groups is 2. The molecule has 1 aliphatic heterocycles. The summed E-state index contributed by atoms with van der Waals surface area (Å²) in [6.07, 6.45) is 4.35. The normalized spacial score (nSPS) is 12.9. The number of amides is 2. The van der Waals surface area contributed by atoms with E-state index < -0.39 is 0 Å². The van der Waals surface area contributed by atoms with Crippen LogP contribution in [0.3, 0.4) is 0 Å². The van der Waals surface area contributed by atoms with Crippen LogP contribution in [-0.2, 0) is 30.7 Å². The van der Waals surface area contributed by atoms with E-state index in [-0.39, 0.29) is 11.8 Å². The number of pyridine rings is 1. The smallest absolute Gasteiger partial charge is 0.272 e. The maximum Gasteiger partial charge on any atom is 0.272 e. The number of methoxy groups -OCH3 is 1. The van der Waals surface area contributed by atoms with Gasteiger partial charge in [0, 0.05) is 49.7 Å². The van der Waals surface area contributed by atoms with Crippen LogP contribution < -0.4 is 10.1 Å². The Morgan fingerprint density at radius 2 is 2.03 bits per heavy atom. The van der Waals surface area contributed by atoms with Crippen LogP contribution in [0.25, 0.3) is 0 Å². The molecule has 0 saturated carbocycles. The highest BCUT2D eigenvalue weighted by Gasteiger charge is 2.27. The van der Waals surface area contributed by atoms with Crippen molar-refractivity contribution in [2.45, 2.75) is 25.9 Å². The Hall–Kier alpha value is -3.68. The zero-order chi connectivity index (χ0) is 20.9. The molecular weight excluding hydrogens is 382 g/mol. The lowest BCUT2D eigenvalue weighted by Gasteiger charge is -2.27. The molecule has 8 heteroatoms. The van der Waals surface area contributed by atoms with E-state index in [0.717, 1.165) is 28.1 Å². The van der Waals surface area contributed by atoms with E-state index in [1.165, 1.54) is 0 Å². The molecule has 0 aliphatic carbocycles. The number of benzene rings is 1.